The van der Waals surface area contributed by atoms with Crippen LogP contribution in [-0.4, -0.2) is 22.7 Å². The van der Waals surface area contributed by atoms with Gasteiger partial charge in [0.2, 0.25) is 0 Å². The fourth-order valence-corrected chi connectivity index (χ4v) is 2.91. The maximum Gasteiger partial charge on any atom is 0.360 e. The summed E-state index contributed by atoms with van der Waals surface area (Å²) in [5.41, 5.74) is -0.243. The van der Waals surface area contributed by atoms with Gasteiger partial charge in [-0.3, -0.25) is 0 Å². The first-order valence-electron chi connectivity index (χ1n) is 8.53. The molecule has 5 nitrogen and oxygen atoms in total. The van der Waals surface area contributed by atoms with E-state index in [1.54, 1.807) is 18.2 Å². The highest BCUT2D eigenvalue weighted by molar-refractivity contribution is 6.35. The third-order valence-electron chi connectivity index (χ3n) is 3.95. The van der Waals surface area contributed by atoms with Crippen molar-refractivity contribution in [2.75, 3.05) is 6.61 Å². The number of ether oxygens (including phenoxy) is 2. The molecule has 1 N–H and O–H groups in total. The van der Waals surface area contributed by atoms with E-state index in [-0.39, 0.29) is 28.2 Å². The Morgan fingerprint density at radius 1 is 1.14 bits per heavy atom. The number of hydrogen-bond donors (Lipinski definition) is 1. The fourth-order valence-electron chi connectivity index (χ4n) is 2.50. The molecule has 0 atom stereocenters. The molecule has 0 amide bonds. The number of nitrogens with zero attached hydrogens (tertiary/aromatic N) is 1. The highest BCUT2D eigenvalue weighted by atomic mass is 35.5. The minimum absolute atomic E-state index is 0.0119. The molecule has 0 radical (unpaired) electrons. The quantitative estimate of drug-likeness (QED) is 0.293. The van der Waals surface area contributed by atoms with E-state index in [0.717, 1.165) is 6.42 Å². The Balaban J connectivity index is 1.92. The predicted molar refractivity (Wildman–Crippen MR) is 105 cm³/mol. The van der Waals surface area contributed by atoms with Crippen LogP contribution in [0.4, 0.5) is 4.39 Å². The Morgan fingerprint density at radius 2 is 1.86 bits per heavy atom. The minimum atomic E-state index is -0.740. The maximum atomic E-state index is 13.3. The molecule has 0 bridgehead atoms. The van der Waals surface area contributed by atoms with Crippen molar-refractivity contribution in [2.45, 2.75) is 19.8 Å². The lowest BCUT2D eigenvalue weighted by Crippen LogP contribution is -2.09. The Kier molecular flexibility index (Phi) is 6.21. The van der Waals surface area contributed by atoms with E-state index in [4.69, 9.17) is 32.7 Å². The van der Waals surface area contributed by atoms with Gasteiger partial charge < -0.3 is 14.6 Å². The average molecular weight is 424 g/mol. The van der Waals surface area contributed by atoms with E-state index in [1.165, 1.54) is 18.2 Å². The van der Waals surface area contributed by atoms with Crippen molar-refractivity contribution in [1.29, 1.82) is 0 Å². The van der Waals surface area contributed by atoms with Crippen LogP contribution in [0.1, 0.15) is 30.3 Å². The van der Waals surface area contributed by atoms with Gasteiger partial charge in [0.25, 0.3) is 0 Å². The number of esters is 1. The molecule has 1 heterocycles. The third kappa shape index (κ3) is 4.29. The lowest BCUT2D eigenvalue weighted by molar-refractivity contribution is 0.0489. The summed E-state index contributed by atoms with van der Waals surface area (Å²) < 4.78 is 24.0. The van der Waals surface area contributed by atoms with E-state index < -0.39 is 11.8 Å². The van der Waals surface area contributed by atoms with Gasteiger partial charge in [-0.25, -0.2) is 14.2 Å². The van der Waals surface area contributed by atoms with E-state index in [1.807, 2.05) is 6.92 Å². The smallest absolute Gasteiger partial charge is 0.360 e. The van der Waals surface area contributed by atoms with Gasteiger partial charge in [-0.05, 0) is 36.8 Å². The second kappa shape index (κ2) is 8.63. The van der Waals surface area contributed by atoms with Crippen molar-refractivity contribution in [3.8, 4) is 17.2 Å². The van der Waals surface area contributed by atoms with Crippen LogP contribution in [0.15, 0.2) is 36.4 Å². The minimum Gasteiger partial charge on any atom is -0.505 e. The van der Waals surface area contributed by atoms with Crippen LogP contribution in [0.5, 0.6) is 17.2 Å². The van der Waals surface area contributed by atoms with Crippen LogP contribution in [0.3, 0.4) is 0 Å². The second-order valence-electron chi connectivity index (χ2n) is 5.97. The molecule has 0 aliphatic carbocycles. The Labute approximate surface area is 170 Å². The molecule has 3 aromatic rings. The second-order valence-corrected chi connectivity index (χ2v) is 6.74. The van der Waals surface area contributed by atoms with E-state index in [9.17, 15) is 14.3 Å². The number of halogens is 3. The summed E-state index contributed by atoms with van der Waals surface area (Å²) in [5.74, 6) is -0.914. The standard InChI is InChI=1S/C20H16Cl2FNO4/c1-2-3-8-27-20(26)17-18(25)13-6-4-11(9-14(13)19(22)24-17)28-12-5-7-16(23)15(21)10-12/h4-7,9-10,25H,2-3,8H2,1H3. The number of benzene rings is 2. The highest BCUT2D eigenvalue weighted by Crippen LogP contribution is 2.36. The van der Waals surface area contributed by atoms with Crippen LogP contribution < -0.4 is 4.74 Å². The summed E-state index contributed by atoms with van der Waals surface area (Å²) in [7, 11) is 0. The molecule has 28 heavy (non-hydrogen) atoms. The lowest BCUT2D eigenvalue weighted by atomic mass is 10.1. The van der Waals surface area contributed by atoms with Gasteiger partial charge in [0, 0.05) is 16.8 Å². The average Bonchev–Trinajstić information content (AvgIpc) is 2.67. The van der Waals surface area contributed by atoms with E-state index >= 15 is 0 Å². The molecular weight excluding hydrogens is 408 g/mol. The summed E-state index contributed by atoms with van der Waals surface area (Å²) in [6.45, 7) is 2.20. The topological polar surface area (TPSA) is 68.7 Å². The van der Waals surface area contributed by atoms with Crippen molar-refractivity contribution in [1.82, 2.24) is 4.98 Å². The summed E-state index contributed by atoms with van der Waals surface area (Å²) in [6.07, 6.45) is 1.58. The van der Waals surface area contributed by atoms with Crippen molar-refractivity contribution < 1.29 is 23.8 Å². The van der Waals surface area contributed by atoms with Crippen molar-refractivity contribution in [3.05, 3.63) is 58.1 Å². The van der Waals surface area contributed by atoms with Crippen molar-refractivity contribution in [3.63, 3.8) is 0 Å². The van der Waals surface area contributed by atoms with Crippen LogP contribution in [-0.2, 0) is 4.74 Å². The Morgan fingerprint density at radius 3 is 2.57 bits per heavy atom. The number of aromatic nitrogens is 1. The molecule has 8 heteroatoms. The number of aromatic hydroxyl groups is 1. The number of hydrogen-bond acceptors (Lipinski definition) is 5. The molecule has 0 fully saturated rings. The van der Waals surface area contributed by atoms with Gasteiger partial charge >= 0.3 is 5.97 Å². The summed E-state index contributed by atoms with van der Waals surface area (Å²) in [4.78, 5) is 16.1. The van der Waals surface area contributed by atoms with E-state index in [0.29, 0.717) is 28.7 Å². The molecule has 0 saturated heterocycles. The predicted octanol–water partition coefficient (Wildman–Crippen LogP) is 6.14. The first-order valence-corrected chi connectivity index (χ1v) is 9.28. The van der Waals surface area contributed by atoms with Crippen LogP contribution in [0.2, 0.25) is 10.2 Å². The molecule has 2 aromatic carbocycles. The molecular formula is C20H16Cl2FNO4. The number of fused-ring (bicyclic) bond motifs is 1. The number of rotatable bonds is 6. The zero-order chi connectivity index (χ0) is 20.3. The normalized spacial score (nSPS) is 10.9. The number of carbonyl (C=O) groups is 1. The molecule has 0 aliphatic heterocycles. The zero-order valence-electron chi connectivity index (χ0n) is 14.8. The van der Waals surface area contributed by atoms with Crippen LogP contribution in [0, 0.1) is 5.82 Å². The van der Waals surface area contributed by atoms with Gasteiger partial charge in [0.1, 0.15) is 22.5 Å². The number of unbranched alkanes of at least 4 members (excludes halogenated alkanes) is 1. The number of pyridine rings is 1. The Bertz CT molecular complexity index is 1040. The lowest BCUT2D eigenvalue weighted by Gasteiger charge is -2.11. The van der Waals surface area contributed by atoms with Crippen molar-refractivity contribution >= 4 is 39.9 Å². The van der Waals surface area contributed by atoms with Gasteiger partial charge in [0.05, 0.1) is 11.6 Å². The first kappa shape index (κ1) is 20.2. The van der Waals surface area contributed by atoms with Crippen molar-refractivity contribution in [2.24, 2.45) is 0 Å². The summed E-state index contributed by atoms with van der Waals surface area (Å²) in [6, 6.07) is 8.62. The molecule has 0 saturated carbocycles. The first-order chi connectivity index (χ1) is 13.4. The summed E-state index contributed by atoms with van der Waals surface area (Å²) in [5, 5.41) is 11.1. The highest BCUT2D eigenvalue weighted by Gasteiger charge is 2.20. The monoisotopic (exact) mass is 423 g/mol. The van der Waals surface area contributed by atoms with Gasteiger partial charge in [-0.1, -0.05) is 36.5 Å². The fraction of sp³-hybridized carbons (Fsp3) is 0.200. The Hall–Kier alpha value is -2.57. The summed E-state index contributed by atoms with van der Waals surface area (Å²) >= 11 is 12.0. The molecule has 146 valence electrons. The molecule has 0 spiro atoms. The third-order valence-corrected chi connectivity index (χ3v) is 4.53. The zero-order valence-corrected chi connectivity index (χ0v) is 16.4. The van der Waals surface area contributed by atoms with Crippen LogP contribution in [0.25, 0.3) is 10.8 Å². The maximum absolute atomic E-state index is 13.3. The molecule has 3 rings (SSSR count). The largest absolute Gasteiger partial charge is 0.505 e. The van der Waals surface area contributed by atoms with Gasteiger partial charge in [-0.15, -0.1) is 0 Å². The molecule has 0 aliphatic rings. The SMILES string of the molecule is CCCCOC(=O)c1nc(Cl)c2cc(Oc3ccc(F)c(Cl)c3)ccc2c1O. The van der Waals surface area contributed by atoms with E-state index in [2.05, 4.69) is 4.98 Å². The number of carbonyl (C=O) groups excluding carboxylic acids is 1. The van der Waals surface area contributed by atoms with Crippen LogP contribution >= 0.6 is 23.2 Å². The molecule has 0 unspecified atom stereocenters. The molecule has 1 aromatic heterocycles. The van der Waals surface area contributed by atoms with Gasteiger partial charge in [-0.2, -0.15) is 0 Å². The van der Waals surface area contributed by atoms with Gasteiger partial charge in [0.15, 0.2) is 11.4 Å².